The highest BCUT2D eigenvalue weighted by atomic mass is 32.1. The van der Waals surface area contributed by atoms with E-state index in [1.165, 1.54) is 81.1 Å². The summed E-state index contributed by atoms with van der Waals surface area (Å²) in [7, 11) is 0. The number of thiophene rings is 1. The summed E-state index contributed by atoms with van der Waals surface area (Å²) < 4.78 is 2.61. The Morgan fingerprint density at radius 1 is 0.315 bits per heavy atom. The van der Waals surface area contributed by atoms with Crippen molar-refractivity contribution < 1.29 is 0 Å². The Hall–Kier alpha value is -6.74. The summed E-state index contributed by atoms with van der Waals surface area (Å²) in [4.78, 5) is 2.43. The minimum absolute atomic E-state index is 1.11. The molecule has 1 heterocycles. The number of benzene rings is 9. The van der Waals surface area contributed by atoms with Gasteiger partial charge < -0.3 is 4.90 Å². The van der Waals surface area contributed by atoms with Crippen molar-refractivity contribution in [3.63, 3.8) is 0 Å². The van der Waals surface area contributed by atoms with Crippen LogP contribution in [-0.2, 0) is 0 Å². The Labute approximate surface area is 319 Å². The highest BCUT2D eigenvalue weighted by Crippen LogP contribution is 2.46. The van der Waals surface area contributed by atoms with Crippen LogP contribution in [0, 0.1) is 0 Å². The van der Waals surface area contributed by atoms with Crippen molar-refractivity contribution in [2.24, 2.45) is 0 Å². The maximum atomic E-state index is 2.43. The second-order valence-electron chi connectivity index (χ2n) is 13.7. The number of fused-ring (bicyclic) bond motifs is 5. The minimum Gasteiger partial charge on any atom is -0.310 e. The lowest BCUT2D eigenvalue weighted by molar-refractivity contribution is 1.30. The fourth-order valence-electron chi connectivity index (χ4n) is 7.73. The van der Waals surface area contributed by atoms with Crippen molar-refractivity contribution in [2.75, 3.05) is 4.90 Å². The number of rotatable bonds is 7. The predicted molar refractivity (Wildman–Crippen MR) is 233 cm³/mol. The van der Waals surface area contributed by atoms with Gasteiger partial charge in [0, 0.05) is 36.9 Å². The van der Waals surface area contributed by atoms with Gasteiger partial charge in [-0.15, -0.1) is 11.3 Å². The Morgan fingerprint density at radius 2 is 0.741 bits per heavy atom. The van der Waals surface area contributed by atoms with E-state index < -0.39 is 0 Å². The number of anilines is 3. The topological polar surface area (TPSA) is 3.24 Å². The summed E-state index contributed by atoms with van der Waals surface area (Å²) in [6, 6.07) is 77.0. The van der Waals surface area contributed by atoms with E-state index in [9.17, 15) is 0 Å². The molecule has 0 radical (unpaired) electrons. The normalized spacial score (nSPS) is 11.3. The molecule has 254 valence electrons. The molecule has 10 aromatic rings. The molecule has 0 fully saturated rings. The lowest BCUT2D eigenvalue weighted by Gasteiger charge is -2.27. The Morgan fingerprint density at radius 3 is 1.26 bits per heavy atom. The lowest BCUT2D eigenvalue weighted by Crippen LogP contribution is -2.10. The van der Waals surface area contributed by atoms with Gasteiger partial charge in [-0.05, 0) is 86.3 Å². The Bertz CT molecular complexity index is 2880. The van der Waals surface area contributed by atoms with E-state index in [1.807, 2.05) is 11.3 Å². The van der Waals surface area contributed by atoms with Gasteiger partial charge in [0.15, 0.2) is 0 Å². The molecule has 9 aromatic carbocycles. The minimum atomic E-state index is 1.11. The maximum Gasteiger partial charge on any atom is 0.0554 e. The first-order valence-corrected chi connectivity index (χ1v) is 19.2. The number of hydrogen-bond acceptors (Lipinski definition) is 2. The van der Waals surface area contributed by atoms with Gasteiger partial charge in [0.25, 0.3) is 0 Å². The second-order valence-corrected chi connectivity index (χ2v) is 14.8. The SMILES string of the molecule is c1ccc(-c2ccc(-c3ccc(N(c4ccc(-c5ccccc5)cc4)c4cccc5ccc6c7ccc(-c8ccccc8)cc7sc6c45)cc3)cc2)cc1. The quantitative estimate of drug-likeness (QED) is 0.160. The van der Waals surface area contributed by atoms with Gasteiger partial charge in [0.2, 0.25) is 0 Å². The smallest absolute Gasteiger partial charge is 0.0554 e. The second kappa shape index (κ2) is 13.7. The average Bonchev–Trinajstić information content (AvgIpc) is 3.64. The van der Waals surface area contributed by atoms with E-state index in [0.717, 1.165) is 11.4 Å². The van der Waals surface area contributed by atoms with Crippen LogP contribution < -0.4 is 4.90 Å². The predicted octanol–water partition coefficient (Wildman–Crippen LogP) is 15.3. The summed E-state index contributed by atoms with van der Waals surface area (Å²) in [5, 5.41) is 5.09. The third kappa shape index (κ3) is 5.84. The van der Waals surface area contributed by atoms with Crippen LogP contribution >= 0.6 is 11.3 Å². The van der Waals surface area contributed by atoms with Gasteiger partial charge in [0.05, 0.1) is 5.69 Å². The molecule has 1 aromatic heterocycles. The molecular weight excluding hydrogens is 671 g/mol. The maximum absolute atomic E-state index is 2.43. The van der Waals surface area contributed by atoms with Crippen LogP contribution in [-0.4, -0.2) is 0 Å². The van der Waals surface area contributed by atoms with Crippen LogP contribution in [0.2, 0.25) is 0 Å². The van der Waals surface area contributed by atoms with Crippen LogP contribution in [0.25, 0.3) is 75.5 Å². The van der Waals surface area contributed by atoms with Gasteiger partial charge in [-0.25, -0.2) is 0 Å². The fourth-order valence-corrected chi connectivity index (χ4v) is 9.04. The van der Waals surface area contributed by atoms with Crippen molar-refractivity contribution in [3.8, 4) is 44.5 Å². The van der Waals surface area contributed by atoms with Crippen LogP contribution in [0.3, 0.4) is 0 Å². The largest absolute Gasteiger partial charge is 0.310 e. The third-order valence-corrected chi connectivity index (χ3v) is 11.7. The number of nitrogens with zero attached hydrogens (tertiary/aromatic N) is 1. The van der Waals surface area contributed by atoms with E-state index in [-0.39, 0.29) is 0 Å². The fraction of sp³-hybridized carbons (Fsp3) is 0. The molecule has 0 bridgehead atoms. The summed E-state index contributed by atoms with van der Waals surface area (Å²) in [5.74, 6) is 0. The van der Waals surface area contributed by atoms with Gasteiger partial charge in [-0.2, -0.15) is 0 Å². The van der Waals surface area contributed by atoms with Crippen LogP contribution in [0.1, 0.15) is 0 Å². The van der Waals surface area contributed by atoms with E-state index in [1.54, 1.807) is 0 Å². The summed E-state index contributed by atoms with van der Waals surface area (Å²) in [6.07, 6.45) is 0. The van der Waals surface area contributed by atoms with Crippen LogP contribution in [0.4, 0.5) is 17.1 Å². The molecule has 0 aliphatic carbocycles. The van der Waals surface area contributed by atoms with Crippen LogP contribution in [0.15, 0.2) is 212 Å². The van der Waals surface area contributed by atoms with Gasteiger partial charge in [-0.3, -0.25) is 0 Å². The van der Waals surface area contributed by atoms with E-state index in [4.69, 9.17) is 0 Å². The van der Waals surface area contributed by atoms with Crippen molar-refractivity contribution in [2.45, 2.75) is 0 Å². The molecular formula is C52H35NS. The molecule has 0 unspecified atom stereocenters. The molecule has 10 rings (SSSR count). The highest BCUT2D eigenvalue weighted by molar-refractivity contribution is 7.26. The van der Waals surface area contributed by atoms with Gasteiger partial charge >= 0.3 is 0 Å². The van der Waals surface area contributed by atoms with E-state index in [0.29, 0.717) is 0 Å². The van der Waals surface area contributed by atoms with E-state index in [2.05, 4.69) is 217 Å². The summed E-state index contributed by atoms with van der Waals surface area (Å²) >= 11 is 1.89. The van der Waals surface area contributed by atoms with Gasteiger partial charge in [-0.1, -0.05) is 176 Å². The van der Waals surface area contributed by atoms with Crippen molar-refractivity contribution in [3.05, 3.63) is 212 Å². The zero-order valence-corrected chi connectivity index (χ0v) is 30.4. The molecule has 54 heavy (non-hydrogen) atoms. The number of hydrogen-bond donors (Lipinski definition) is 0. The summed E-state index contributed by atoms with van der Waals surface area (Å²) in [6.45, 7) is 0. The van der Waals surface area contributed by atoms with Gasteiger partial charge in [0.1, 0.15) is 0 Å². The van der Waals surface area contributed by atoms with Crippen molar-refractivity contribution in [1.82, 2.24) is 0 Å². The first-order chi connectivity index (χ1) is 26.8. The first kappa shape index (κ1) is 32.0. The average molecular weight is 706 g/mol. The zero-order valence-electron chi connectivity index (χ0n) is 29.6. The Balaban J connectivity index is 1.11. The molecule has 0 aliphatic heterocycles. The highest BCUT2D eigenvalue weighted by Gasteiger charge is 2.19. The van der Waals surface area contributed by atoms with E-state index >= 15 is 0 Å². The molecule has 0 amide bonds. The molecule has 2 heteroatoms. The Kier molecular flexibility index (Phi) is 8.09. The molecule has 1 nitrogen and oxygen atoms in total. The summed E-state index contributed by atoms with van der Waals surface area (Å²) in [5.41, 5.74) is 13.1. The standard InChI is InChI=1S/C52H35NS/c1-4-11-36(12-5-1)39-19-21-40(22-20-39)42-25-31-46(32-26-42)53(45-29-23-41(24-30-45)37-13-6-2-7-14-37)49-18-10-17-43-27-34-48-47-33-28-44(38-15-8-3-9-16-38)35-50(47)54-52(48)51(43)49/h1-35H. The molecule has 0 atom stereocenters. The third-order valence-electron chi connectivity index (χ3n) is 10.5. The molecule has 0 saturated heterocycles. The first-order valence-electron chi connectivity index (χ1n) is 18.4. The zero-order chi connectivity index (χ0) is 35.8. The molecule has 0 saturated carbocycles. The van der Waals surface area contributed by atoms with Crippen molar-refractivity contribution in [1.29, 1.82) is 0 Å². The molecule has 0 aliphatic rings. The monoisotopic (exact) mass is 705 g/mol. The van der Waals surface area contributed by atoms with Crippen LogP contribution in [0.5, 0.6) is 0 Å². The molecule has 0 spiro atoms. The molecule has 0 N–H and O–H groups in total. The lowest BCUT2D eigenvalue weighted by atomic mass is 9.99. The van der Waals surface area contributed by atoms with Crippen molar-refractivity contribution >= 4 is 59.3 Å².